The van der Waals surface area contributed by atoms with Gasteiger partial charge in [0.05, 0.1) is 38.1 Å². The van der Waals surface area contributed by atoms with Gasteiger partial charge in [0.25, 0.3) is 0 Å². The van der Waals surface area contributed by atoms with E-state index in [9.17, 15) is 4.79 Å². The van der Waals surface area contributed by atoms with E-state index in [-0.39, 0.29) is 36.4 Å². The second-order valence-electron chi connectivity index (χ2n) is 8.90. The number of hydrogen-bond acceptors (Lipinski definition) is 7. The molecule has 2 aliphatic heterocycles. The molecule has 33 heavy (non-hydrogen) atoms. The summed E-state index contributed by atoms with van der Waals surface area (Å²) in [5.74, 6) is 1.32. The number of methoxy groups -OCH3 is 1. The molecule has 2 amide bonds. The zero-order chi connectivity index (χ0) is 22.6. The Morgan fingerprint density at radius 3 is 2.45 bits per heavy atom. The molecule has 3 N–H and O–H groups in total. The average Bonchev–Trinajstić information content (AvgIpc) is 3.43. The minimum Gasteiger partial charge on any atom is -0.497 e. The minimum atomic E-state index is -0.190. The maximum Gasteiger partial charge on any atom is 0.315 e. The fraction of sp³-hybridized carbons (Fsp3) is 0.542. The van der Waals surface area contributed by atoms with Crippen LogP contribution in [0.15, 0.2) is 36.5 Å². The third kappa shape index (κ3) is 5.04. The number of fused-ring (bicyclic) bond motifs is 1. The first-order valence-electron chi connectivity index (χ1n) is 11.7. The van der Waals surface area contributed by atoms with Crippen molar-refractivity contribution in [1.82, 2.24) is 20.6 Å². The standard InChI is InChI=1S/C24H31N5O4/c1-31-17-9-7-15(8-10-17)18-11-12-25-23(27-18)28-19-13-32-22-20(14-33-21(19)22)29-24(30)26-16-5-3-2-4-6-16/h7-12,16,19-22H,2-6,13-14H2,1H3,(H,25,27,28)(H2,26,29,30). The number of hydrogen-bond donors (Lipinski definition) is 3. The Bertz CT molecular complexity index is 950. The van der Waals surface area contributed by atoms with Crippen LogP contribution in [-0.2, 0) is 9.47 Å². The Kier molecular flexibility index (Phi) is 6.59. The number of carbonyl (C=O) groups is 1. The van der Waals surface area contributed by atoms with Crippen LogP contribution in [0.5, 0.6) is 5.75 Å². The summed E-state index contributed by atoms with van der Waals surface area (Å²) in [6.07, 6.45) is 7.10. The zero-order valence-corrected chi connectivity index (χ0v) is 18.8. The van der Waals surface area contributed by atoms with E-state index in [2.05, 4.69) is 25.9 Å². The Labute approximate surface area is 193 Å². The minimum absolute atomic E-state index is 0.0886. The number of amides is 2. The molecule has 176 valence electrons. The molecule has 9 nitrogen and oxygen atoms in total. The van der Waals surface area contributed by atoms with Gasteiger partial charge in [-0.15, -0.1) is 0 Å². The van der Waals surface area contributed by atoms with Gasteiger partial charge in [-0.1, -0.05) is 19.3 Å². The van der Waals surface area contributed by atoms with Crippen LogP contribution in [0.4, 0.5) is 10.7 Å². The molecule has 2 aromatic rings. The van der Waals surface area contributed by atoms with Crippen LogP contribution in [-0.4, -0.2) is 66.7 Å². The number of urea groups is 1. The van der Waals surface area contributed by atoms with Crippen LogP contribution in [0.3, 0.4) is 0 Å². The molecule has 9 heteroatoms. The highest BCUT2D eigenvalue weighted by Crippen LogP contribution is 2.29. The first-order chi connectivity index (χ1) is 16.2. The number of ether oxygens (including phenoxy) is 3. The smallest absolute Gasteiger partial charge is 0.315 e. The summed E-state index contributed by atoms with van der Waals surface area (Å²) in [6, 6.07) is 9.50. The maximum absolute atomic E-state index is 12.5. The van der Waals surface area contributed by atoms with Crippen LogP contribution >= 0.6 is 0 Å². The van der Waals surface area contributed by atoms with Gasteiger partial charge in [-0.25, -0.2) is 14.8 Å². The number of nitrogens with one attached hydrogen (secondary N) is 3. The largest absolute Gasteiger partial charge is 0.497 e. The third-order valence-electron chi connectivity index (χ3n) is 6.67. The second kappa shape index (κ2) is 9.93. The molecule has 0 bridgehead atoms. The number of rotatable bonds is 6. The summed E-state index contributed by atoms with van der Waals surface area (Å²) < 4.78 is 17.2. The summed E-state index contributed by atoms with van der Waals surface area (Å²) in [7, 11) is 1.65. The predicted molar refractivity (Wildman–Crippen MR) is 123 cm³/mol. The van der Waals surface area contributed by atoms with Gasteiger partial charge in [-0.3, -0.25) is 0 Å². The van der Waals surface area contributed by atoms with Crippen molar-refractivity contribution in [1.29, 1.82) is 0 Å². The average molecular weight is 454 g/mol. The van der Waals surface area contributed by atoms with E-state index in [1.54, 1.807) is 13.3 Å². The van der Waals surface area contributed by atoms with Gasteiger partial charge < -0.3 is 30.2 Å². The lowest BCUT2D eigenvalue weighted by molar-refractivity contribution is 0.0681. The topological polar surface area (TPSA) is 107 Å². The lowest BCUT2D eigenvalue weighted by Crippen LogP contribution is -2.51. The monoisotopic (exact) mass is 453 g/mol. The Morgan fingerprint density at radius 1 is 0.970 bits per heavy atom. The second-order valence-corrected chi connectivity index (χ2v) is 8.90. The Balaban J connectivity index is 1.17. The van der Waals surface area contributed by atoms with Crippen molar-refractivity contribution in [2.24, 2.45) is 0 Å². The Hall–Kier alpha value is -2.91. The van der Waals surface area contributed by atoms with Crippen molar-refractivity contribution >= 4 is 12.0 Å². The first-order valence-corrected chi connectivity index (χ1v) is 11.7. The molecular formula is C24H31N5O4. The van der Waals surface area contributed by atoms with Crippen LogP contribution < -0.4 is 20.7 Å². The lowest BCUT2D eigenvalue weighted by Gasteiger charge is -2.24. The van der Waals surface area contributed by atoms with Crippen molar-refractivity contribution in [2.75, 3.05) is 25.6 Å². The molecule has 3 heterocycles. The van der Waals surface area contributed by atoms with E-state index in [0.29, 0.717) is 19.2 Å². The highest BCUT2D eigenvalue weighted by molar-refractivity contribution is 5.74. The molecule has 5 rings (SSSR count). The molecule has 1 saturated carbocycles. The van der Waals surface area contributed by atoms with E-state index in [1.165, 1.54) is 19.3 Å². The molecular weight excluding hydrogens is 422 g/mol. The number of aromatic nitrogens is 2. The van der Waals surface area contributed by atoms with Crippen LogP contribution in [0.25, 0.3) is 11.3 Å². The van der Waals surface area contributed by atoms with Crippen LogP contribution in [0.1, 0.15) is 32.1 Å². The van der Waals surface area contributed by atoms with Crippen LogP contribution in [0, 0.1) is 0 Å². The van der Waals surface area contributed by atoms with Crippen molar-refractivity contribution in [3.63, 3.8) is 0 Å². The SMILES string of the molecule is COc1ccc(-c2ccnc(NC3COC4C(NC(=O)NC5CCCCC5)COC34)n2)cc1. The van der Waals surface area contributed by atoms with Crippen molar-refractivity contribution in [3.8, 4) is 17.0 Å². The number of benzene rings is 1. The lowest BCUT2D eigenvalue weighted by atomic mass is 9.96. The van der Waals surface area contributed by atoms with Gasteiger partial charge in [0.15, 0.2) is 0 Å². The molecule has 3 fully saturated rings. The quantitative estimate of drug-likeness (QED) is 0.617. The molecule has 1 aromatic carbocycles. The van der Waals surface area contributed by atoms with Gasteiger partial charge in [-0.2, -0.15) is 0 Å². The normalized spacial score (nSPS) is 27.1. The van der Waals surface area contributed by atoms with E-state index in [1.807, 2.05) is 30.3 Å². The van der Waals surface area contributed by atoms with E-state index < -0.39 is 0 Å². The molecule has 1 aliphatic carbocycles. The molecule has 2 saturated heterocycles. The fourth-order valence-electron chi connectivity index (χ4n) is 4.91. The molecule has 3 aliphatic rings. The summed E-state index contributed by atoms with van der Waals surface area (Å²) in [6.45, 7) is 0.895. The maximum atomic E-state index is 12.5. The fourth-order valence-corrected chi connectivity index (χ4v) is 4.91. The van der Waals surface area contributed by atoms with E-state index in [4.69, 9.17) is 14.2 Å². The number of anilines is 1. The van der Waals surface area contributed by atoms with Gasteiger partial charge in [0, 0.05) is 17.8 Å². The first kappa shape index (κ1) is 21.9. The summed E-state index contributed by atoms with van der Waals surface area (Å²) in [4.78, 5) is 21.5. The Morgan fingerprint density at radius 2 is 1.70 bits per heavy atom. The number of carbonyl (C=O) groups excluding carboxylic acids is 1. The van der Waals surface area contributed by atoms with Gasteiger partial charge >= 0.3 is 6.03 Å². The van der Waals surface area contributed by atoms with E-state index >= 15 is 0 Å². The van der Waals surface area contributed by atoms with Crippen molar-refractivity contribution in [3.05, 3.63) is 36.5 Å². The third-order valence-corrected chi connectivity index (χ3v) is 6.67. The number of nitrogens with zero attached hydrogens (tertiary/aromatic N) is 2. The molecule has 1 aromatic heterocycles. The highest BCUT2D eigenvalue weighted by Gasteiger charge is 2.48. The summed E-state index contributed by atoms with van der Waals surface area (Å²) in [5.41, 5.74) is 1.80. The van der Waals surface area contributed by atoms with Crippen molar-refractivity contribution < 1.29 is 19.0 Å². The molecule has 0 radical (unpaired) electrons. The zero-order valence-electron chi connectivity index (χ0n) is 18.8. The molecule has 4 atom stereocenters. The van der Waals surface area contributed by atoms with Crippen LogP contribution in [0.2, 0.25) is 0 Å². The van der Waals surface area contributed by atoms with E-state index in [0.717, 1.165) is 29.8 Å². The van der Waals surface area contributed by atoms with Gasteiger partial charge in [0.2, 0.25) is 5.95 Å². The predicted octanol–water partition coefficient (Wildman–Crippen LogP) is 2.73. The van der Waals surface area contributed by atoms with Crippen molar-refractivity contribution in [2.45, 2.75) is 62.4 Å². The summed E-state index contributed by atoms with van der Waals surface area (Å²) >= 11 is 0. The van der Waals surface area contributed by atoms with Gasteiger partial charge in [0.1, 0.15) is 18.0 Å². The summed E-state index contributed by atoms with van der Waals surface area (Å²) in [5, 5.41) is 9.51. The van der Waals surface area contributed by atoms with Gasteiger partial charge in [-0.05, 0) is 43.2 Å². The molecule has 4 unspecified atom stereocenters. The molecule has 0 spiro atoms. The highest BCUT2D eigenvalue weighted by atomic mass is 16.6.